The molecule has 0 unspecified atom stereocenters. The fourth-order valence-electron chi connectivity index (χ4n) is 7.89. The first kappa shape index (κ1) is 42.4. The van der Waals surface area contributed by atoms with E-state index < -0.39 is 12.2 Å². The van der Waals surface area contributed by atoms with Crippen LogP contribution in [0.4, 0.5) is 0 Å². The number of nitrogens with zero attached hydrogens (tertiary/aromatic N) is 2. The second-order valence-corrected chi connectivity index (χ2v) is 17.3. The molecule has 0 N–H and O–H groups in total. The summed E-state index contributed by atoms with van der Waals surface area (Å²) in [4.78, 5) is 52.4. The Morgan fingerprint density at radius 1 is 0.517 bits per heavy atom. The standard InChI is InChI=1S/2C23H23Cl2NO3/c2*24-18-10-8-16(9-11-18)21-22(17-3-1-4-19(25)13-17)29-20(5-2-12-27)23(28)26(21)14-15-6-7-15/h2*1,3-4,8-13,15,20-22H,2,5-7,14H2/t2*20-,21+,22-/m10/s1. The molecule has 4 fully saturated rings. The van der Waals surface area contributed by atoms with Crippen LogP contribution in [0.2, 0.25) is 20.1 Å². The van der Waals surface area contributed by atoms with Crippen molar-refractivity contribution in [1.29, 1.82) is 0 Å². The number of halogens is 4. The van der Waals surface area contributed by atoms with Gasteiger partial charge in [-0.25, -0.2) is 0 Å². The second kappa shape index (κ2) is 19.5. The number of carbonyl (C=O) groups is 4. The molecule has 4 aliphatic rings. The van der Waals surface area contributed by atoms with Crippen molar-refractivity contribution in [3.8, 4) is 0 Å². The van der Waals surface area contributed by atoms with Crippen molar-refractivity contribution in [2.45, 2.75) is 87.9 Å². The third kappa shape index (κ3) is 10.5. The van der Waals surface area contributed by atoms with Crippen LogP contribution in [0, 0.1) is 11.8 Å². The molecule has 2 saturated heterocycles. The smallest absolute Gasteiger partial charge is 0.252 e. The molecule has 12 heteroatoms. The Morgan fingerprint density at radius 3 is 1.22 bits per heavy atom. The zero-order valence-corrected chi connectivity index (χ0v) is 35.0. The third-order valence-electron chi connectivity index (χ3n) is 11.2. The quantitative estimate of drug-likeness (QED) is 0.117. The van der Waals surface area contributed by atoms with E-state index >= 15 is 0 Å². The van der Waals surface area contributed by atoms with Gasteiger partial charge in [0.25, 0.3) is 11.8 Å². The van der Waals surface area contributed by atoms with Crippen molar-refractivity contribution < 1.29 is 28.7 Å². The summed E-state index contributed by atoms with van der Waals surface area (Å²) < 4.78 is 12.7. The number of amides is 2. The van der Waals surface area contributed by atoms with Crippen molar-refractivity contribution in [1.82, 2.24) is 9.80 Å². The zero-order valence-electron chi connectivity index (χ0n) is 31.9. The molecule has 2 heterocycles. The van der Waals surface area contributed by atoms with Crippen molar-refractivity contribution >= 4 is 70.8 Å². The molecular formula is C46H46Cl4N2O6. The lowest BCUT2D eigenvalue weighted by atomic mass is 9.90. The van der Waals surface area contributed by atoms with Crippen LogP contribution in [0.3, 0.4) is 0 Å². The lowest BCUT2D eigenvalue weighted by molar-refractivity contribution is -0.176. The number of benzene rings is 4. The predicted octanol–water partition coefficient (Wildman–Crippen LogP) is 10.8. The Kier molecular flexibility index (Phi) is 14.3. The van der Waals surface area contributed by atoms with Gasteiger partial charge in [-0.05, 0) is 121 Å². The number of aldehydes is 2. The highest BCUT2D eigenvalue weighted by molar-refractivity contribution is 6.31. The van der Waals surface area contributed by atoms with Gasteiger partial charge in [0, 0.05) is 46.0 Å². The molecule has 4 aromatic rings. The van der Waals surface area contributed by atoms with Gasteiger partial charge in [0.2, 0.25) is 0 Å². The van der Waals surface area contributed by atoms with E-state index in [2.05, 4.69) is 0 Å². The lowest BCUT2D eigenvalue weighted by Gasteiger charge is -2.45. The molecule has 0 radical (unpaired) electrons. The largest absolute Gasteiger partial charge is 0.358 e. The fraction of sp³-hybridized carbons (Fsp3) is 0.391. The Hall–Kier alpha value is -3.76. The summed E-state index contributed by atoms with van der Waals surface area (Å²) in [7, 11) is 0. The molecule has 2 aliphatic heterocycles. The van der Waals surface area contributed by atoms with Crippen LogP contribution < -0.4 is 0 Å². The molecular weight excluding hydrogens is 818 g/mol. The summed E-state index contributed by atoms with van der Waals surface area (Å²) in [5, 5.41) is 2.54. The van der Waals surface area contributed by atoms with Crippen LogP contribution in [0.25, 0.3) is 0 Å². The highest BCUT2D eigenvalue weighted by Crippen LogP contribution is 2.47. The van der Waals surface area contributed by atoms with E-state index in [1.807, 2.05) is 107 Å². The highest BCUT2D eigenvalue weighted by Gasteiger charge is 2.47. The summed E-state index contributed by atoms with van der Waals surface area (Å²) in [5.74, 6) is 0.964. The summed E-state index contributed by atoms with van der Waals surface area (Å²) in [5.41, 5.74) is 3.79. The van der Waals surface area contributed by atoms with Crippen LogP contribution >= 0.6 is 46.4 Å². The fourth-order valence-corrected chi connectivity index (χ4v) is 8.54. The molecule has 0 spiro atoms. The lowest BCUT2D eigenvalue weighted by Crippen LogP contribution is -2.51. The number of ether oxygens (including phenoxy) is 2. The van der Waals surface area contributed by atoms with Crippen LogP contribution in [0.1, 0.15) is 97.9 Å². The van der Waals surface area contributed by atoms with Gasteiger partial charge in [-0.3, -0.25) is 9.59 Å². The predicted molar refractivity (Wildman–Crippen MR) is 226 cm³/mol. The highest BCUT2D eigenvalue weighted by atomic mass is 35.5. The normalized spacial score (nSPS) is 24.6. The second-order valence-electron chi connectivity index (χ2n) is 15.5. The van der Waals surface area contributed by atoms with Gasteiger partial charge in [-0.15, -0.1) is 0 Å². The number of hydrogen-bond donors (Lipinski definition) is 0. The molecule has 0 bridgehead atoms. The zero-order chi connectivity index (χ0) is 40.8. The summed E-state index contributed by atoms with van der Waals surface area (Å²) in [6.07, 6.45) is 5.56. The van der Waals surface area contributed by atoms with E-state index in [0.29, 0.717) is 70.7 Å². The van der Waals surface area contributed by atoms with Gasteiger partial charge in [0.1, 0.15) is 37.0 Å². The van der Waals surface area contributed by atoms with E-state index in [1.54, 1.807) is 0 Å². The molecule has 8 nitrogen and oxygen atoms in total. The molecule has 4 aromatic carbocycles. The Balaban J connectivity index is 0.000000177. The van der Waals surface area contributed by atoms with Crippen LogP contribution in [0.15, 0.2) is 97.1 Å². The van der Waals surface area contributed by atoms with Gasteiger partial charge in [0.15, 0.2) is 0 Å². The van der Waals surface area contributed by atoms with Crippen LogP contribution in [0.5, 0.6) is 0 Å². The first-order valence-corrected chi connectivity index (χ1v) is 21.5. The van der Waals surface area contributed by atoms with Crippen molar-refractivity contribution in [3.63, 3.8) is 0 Å². The molecule has 58 heavy (non-hydrogen) atoms. The van der Waals surface area contributed by atoms with Gasteiger partial charge >= 0.3 is 0 Å². The van der Waals surface area contributed by atoms with Crippen LogP contribution in [-0.4, -0.2) is 59.5 Å². The van der Waals surface area contributed by atoms with Crippen LogP contribution in [-0.2, 0) is 28.7 Å². The van der Waals surface area contributed by atoms with Crippen molar-refractivity contribution in [2.75, 3.05) is 13.1 Å². The minimum atomic E-state index is -0.633. The van der Waals surface area contributed by atoms with E-state index in [-0.39, 0.29) is 36.1 Å². The summed E-state index contributed by atoms with van der Waals surface area (Å²) in [6.45, 7) is 1.40. The third-order valence-corrected chi connectivity index (χ3v) is 12.1. The first-order valence-electron chi connectivity index (χ1n) is 19.9. The molecule has 2 aliphatic carbocycles. The number of morpholine rings is 2. The van der Waals surface area contributed by atoms with Crippen molar-refractivity contribution in [3.05, 3.63) is 139 Å². The van der Waals surface area contributed by atoms with E-state index in [0.717, 1.165) is 60.5 Å². The molecule has 8 rings (SSSR count). The molecule has 2 amide bonds. The van der Waals surface area contributed by atoms with Gasteiger partial charge in [-0.1, -0.05) is 94.9 Å². The van der Waals surface area contributed by atoms with Crippen molar-refractivity contribution in [2.24, 2.45) is 11.8 Å². The maximum Gasteiger partial charge on any atom is 0.252 e. The molecule has 304 valence electrons. The average Bonchev–Trinajstić information content (AvgIpc) is 4.17. The van der Waals surface area contributed by atoms with Gasteiger partial charge in [-0.2, -0.15) is 0 Å². The first-order chi connectivity index (χ1) is 28.1. The number of carbonyl (C=O) groups excluding carboxylic acids is 4. The average molecular weight is 865 g/mol. The minimum absolute atomic E-state index is 0.0445. The number of rotatable bonds is 14. The minimum Gasteiger partial charge on any atom is -0.358 e. The maximum absolute atomic E-state index is 13.3. The monoisotopic (exact) mass is 862 g/mol. The Labute approximate surface area is 359 Å². The molecule has 2 saturated carbocycles. The Bertz CT molecular complexity index is 1910. The maximum atomic E-state index is 13.3. The topological polar surface area (TPSA) is 93.2 Å². The summed E-state index contributed by atoms with van der Waals surface area (Å²) in [6, 6.07) is 29.8. The number of hydrogen-bond acceptors (Lipinski definition) is 6. The Morgan fingerprint density at radius 2 is 0.897 bits per heavy atom. The molecule has 6 atom stereocenters. The van der Waals surface area contributed by atoms with E-state index in [1.165, 1.54) is 0 Å². The van der Waals surface area contributed by atoms with E-state index in [9.17, 15) is 19.2 Å². The summed E-state index contributed by atoms with van der Waals surface area (Å²) >= 11 is 24.7. The van der Waals surface area contributed by atoms with Gasteiger partial charge < -0.3 is 28.9 Å². The van der Waals surface area contributed by atoms with Gasteiger partial charge in [0.05, 0.1) is 12.1 Å². The molecule has 0 aromatic heterocycles. The van der Waals surface area contributed by atoms with E-state index in [4.69, 9.17) is 55.9 Å². The SMILES string of the molecule is O=CCC[C@@H]1O[C@@H](c2cccc(Cl)c2)[C@@H](c2ccc(Cl)cc2)N(CC2CC2)C1=O.O=CCC[C@H]1O[C@H](c2cccc(Cl)c2)[C@H](c2ccc(Cl)cc2)N(CC2CC2)C1=O.